The third-order valence-corrected chi connectivity index (χ3v) is 2.84. The average Bonchev–Trinajstić information content (AvgIpc) is 1.94. The van der Waals surface area contributed by atoms with Crippen molar-refractivity contribution in [2.24, 2.45) is 5.92 Å². The van der Waals surface area contributed by atoms with E-state index >= 15 is 0 Å². The Morgan fingerprint density at radius 3 is 2.70 bits per heavy atom. The van der Waals surface area contributed by atoms with Crippen LogP contribution in [-0.2, 0) is 0 Å². The third-order valence-electron chi connectivity index (χ3n) is 2.36. The van der Waals surface area contributed by atoms with Gasteiger partial charge in [-0.2, -0.15) is 0 Å². The molecule has 1 N–H and O–H groups in total. The van der Waals surface area contributed by atoms with Crippen LogP contribution in [0.5, 0.6) is 0 Å². The van der Waals surface area contributed by atoms with Crippen LogP contribution in [0.25, 0.3) is 0 Å². The van der Waals surface area contributed by atoms with Crippen molar-refractivity contribution >= 4 is 8.96 Å². The molecule has 0 aromatic carbocycles. The average molecular weight is 160 g/mol. The van der Waals surface area contributed by atoms with Crippen molar-refractivity contribution in [1.82, 2.24) is 5.09 Å². The summed E-state index contributed by atoms with van der Waals surface area (Å²) in [6.45, 7) is 2.23. The van der Waals surface area contributed by atoms with E-state index < -0.39 is 0 Å². The molecule has 0 aromatic heterocycles. The standard InChI is InChI=1S/C7H15NOP/c1-6-4-2-3-5-7(6)8-10-9/h6-8,10H,2-5H2,1H3/q-1. The number of hydrogen-bond donors (Lipinski definition) is 1. The second-order valence-corrected chi connectivity index (χ2v) is 3.61. The SMILES string of the molecule is CC1CCCCC1NP[O-]. The quantitative estimate of drug-likeness (QED) is 0.612. The number of hydrogen-bond acceptors (Lipinski definition) is 2. The van der Waals surface area contributed by atoms with Crippen LogP contribution < -0.4 is 9.98 Å². The van der Waals surface area contributed by atoms with Gasteiger partial charge in [-0.1, -0.05) is 19.8 Å². The molecule has 3 unspecified atom stereocenters. The van der Waals surface area contributed by atoms with Crippen LogP contribution in [0, 0.1) is 5.92 Å². The zero-order chi connectivity index (χ0) is 7.40. The summed E-state index contributed by atoms with van der Waals surface area (Å²) in [6, 6.07) is 0.518. The Morgan fingerprint density at radius 2 is 2.10 bits per heavy atom. The van der Waals surface area contributed by atoms with Gasteiger partial charge in [0.15, 0.2) is 0 Å². The highest BCUT2D eigenvalue weighted by Crippen LogP contribution is 2.24. The largest absolute Gasteiger partial charge is 0.820 e. The molecule has 3 heteroatoms. The van der Waals surface area contributed by atoms with Crippen LogP contribution in [0.2, 0.25) is 0 Å². The molecule has 0 radical (unpaired) electrons. The minimum absolute atomic E-state index is 0.325. The fourth-order valence-electron chi connectivity index (χ4n) is 1.61. The lowest BCUT2D eigenvalue weighted by atomic mass is 9.87. The summed E-state index contributed by atoms with van der Waals surface area (Å²) in [5.41, 5.74) is 0. The Kier molecular flexibility index (Phi) is 3.61. The second-order valence-electron chi connectivity index (χ2n) is 3.11. The van der Waals surface area contributed by atoms with Crippen molar-refractivity contribution in [1.29, 1.82) is 0 Å². The molecule has 1 aliphatic carbocycles. The van der Waals surface area contributed by atoms with Gasteiger partial charge < -0.3 is 9.98 Å². The molecule has 1 rings (SSSR count). The first-order valence-corrected chi connectivity index (χ1v) is 4.88. The predicted molar refractivity (Wildman–Crippen MR) is 42.9 cm³/mol. The monoisotopic (exact) mass is 160 g/mol. The van der Waals surface area contributed by atoms with Gasteiger partial charge in [-0.3, -0.25) is 0 Å². The first-order valence-electron chi connectivity index (χ1n) is 3.97. The van der Waals surface area contributed by atoms with E-state index in [1.807, 2.05) is 0 Å². The molecule has 1 saturated carbocycles. The van der Waals surface area contributed by atoms with Crippen LogP contribution in [0.3, 0.4) is 0 Å². The van der Waals surface area contributed by atoms with Gasteiger partial charge >= 0.3 is 0 Å². The summed E-state index contributed by atoms with van der Waals surface area (Å²) < 4.78 is 0. The van der Waals surface area contributed by atoms with Crippen LogP contribution in [0.4, 0.5) is 0 Å². The van der Waals surface area contributed by atoms with E-state index in [2.05, 4.69) is 12.0 Å². The maximum Gasteiger partial charge on any atom is 0.0114 e. The second kappa shape index (κ2) is 4.27. The van der Waals surface area contributed by atoms with Crippen molar-refractivity contribution in [2.75, 3.05) is 0 Å². The van der Waals surface area contributed by atoms with Gasteiger partial charge in [0.2, 0.25) is 0 Å². The first-order chi connectivity index (χ1) is 4.84. The van der Waals surface area contributed by atoms with Crippen molar-refractivity contribution in [3.63, 3.8) is 0 Å². The summed E-state index contributed by atoms with van der Waals surface area (Å²) in [5.74, 6) is 0.718. The van der Waals surface area contributed by atoms with Crippen LogP contribution in [-0.4, -0.2) is 6.04 Å². The predicted octanol–water partition coefficient (Wildman–Crippen LogP) is 1.02. The van der Waals surface area contributed by atoms with Crippen molar-refractivity contribution in [3.05, 3.63) is 0 Å². The Bertz CT molecular complexity index is 97.6. The van der Waals surface area contributed by atoms with E-state index in [-0.39, 0.29) is 8.96 Å². The topological polar surface area (TPSA) is 35.1 Å². The Morgan fingerprint density at radius 1 is 1.40 bits per heavy atom. The van der Waals surface area contributed by atoms with E-state index in [1.54, 1.807) is 0 Å². The summed E-state index contributed by atoms with van der Waals surface area (Å²) in [7, 11) is -0.325. The van der Waals surface area contributed by atoms with Crippen LogP contribution in [0.15, 0.2) is 0 Å². The van der Waals surface area contributed by atoms with Gasteiger partial charge in [-0.25, -0.2) is 0 Å². The molecular weight excluding hydrogens is 145 g/mol. The molecule has 1 fully saturated rings. The van der Waals surface area contributed by atoms with Gasteiger partial charge in [0.25, 0.3) is 0 Å². The van der Waals surface area contributed by atoms with Crippen molar-refractivity contribution in [3.8, 4) is 0 Å². The molecule has 0 spiro atoms. The Labute approximate surface area is 64.3 Å². The van der Waals surface area contributed by atoms with E-state index in [0.717, 1.165) is 5.92 Å². The maximum atomic E-state index is 10.3. The minimum atomic E-state index is -0.325. The van der Waals surface area contributed by atoms with Crippen LogP contribution in [0.1, 0.15) is 32.6 Å². The fraction of sp³-hybridized carbons (Fsp3) is 1.00. The third kappa shape index (κ3) is 2.19. The Balaban J connectivity index is 2.25. The van der Waals surface area contributed by atoms with Crippen molar-refractivity contribution in [2.45, 2.75) is 38.6 Å². The smallest absolute Gasteiger partial charge is 0.0114 e. The summed E-state index contributed by atoms with van der Waals surface area (Å²) >= 11 is 0. The summed E-state index contributed by atoms with van der Waals surface area (Å²) in [6.07, 6.45) is 5.15. The molecule has 60 valence electrons. The van der Waals surface area contributed by atoms with Gasteiger partial charge in [0.05, 0.1) is 0 Å². The molecule has 3 atom stereocenters. The highest BCUT2D eigenvalue weighted by molar-refractivity contribution is 7.26. The van der Waals surface area contributed by atoms with Gasteiger partial charge in [0.1, 0.15) is 0 Å². The molecule has 0 aliphatic heterocycles. The van der Waals surface area contributed by atoms with E-state index in [4.69, 9.17) is 0 Å². The van der Waals surface area contributed by atoms with Gasteiger partial charge in [-0.15, -0.1) is 8.96 Å². The highest BCUT2D eigenvalue weighted by Gasteiger charge is 2.18. The van der Waals surface area contributed by atoms with Crippen molar-refractivity contribution < 1.29 is 4.89 Å². The molecule has 10 heavy (non-hydrogen) atoms. The number of nitrogens with one attached hydrogen (secondary N) is 1. The highest BCUT2D eigenvalue weighted by atomic mass is 31.1. The maximum absolute atomic E-state index is 10.3. The zero-order valence-electron chi connectivity index (χ0n) is 6.39. The minimum Gasteiger partial charge on any atom is -0.820 e. The summed E-state index contributed by atoms with van der Waals surface area (Å²) in [4.78, 5) is 10.3. The number of rotatable bonds is 2. The van der Waals surface area contributed by atoms with Gasteiger partial charge in [-0.05, 0) is 18.8 Å². The molecule has 2 nitrogen and oxygen atoms in total. The van der Waals surface area contributed by atoms with Gasteiger partial charge in [0, 0.05) is 6.04 Å². The zero-order valence-corrected chi connectivity index (χ0v) is 7.39. The molecule has 0 bridgehead atoms. The molecular formula is C7H15NOP-. The molecule has 1 aliphatic rings. The van der Waals surface area contributed by atoms with E-state index in [0.29, 0.717) is 6.04 Å². The van der Waals surface area contributed by atoms with E-state index in [1.165, 1.54) is 25.7 Å². The fourth-order valence-corrected chi connectivity index (χ4v) is 2.19. The lowest BCUT2D eigenvalue weighted by Crippen LogP contribution is -2.33. The lowest BCUT2D eigenvalue weighted by Gasteiger charge is -2.30. The molecule has 0 aromatic rings. The molecule has 0 saturated heterocycles. The van der Waals surface area contributed by atoms with E-state index in [9.17, 15) is 4.89 Å². The summed E-state index contributed by atoms with van der Waals surface area (Å²) in [5, 5.41) is 3.01. The first kappa shape index (κ1) is 8.45. The molecule has 0 heterocycles. The molecule has 0 amide bonds. The van der Waals surface area contributed by atoms with Crippen LogP contribution >= 0.6 is 8.96 Å². The normalized spacial score (nSPS) is 35.4. The lowest BCUT2D eigenvalue weighted by molar-refractivity contribution is -0.153. The Hall–Kier alpha value is 0.350.